The molecule has 0 aromatic heterocycles. The van der Waals surface area contributed by atoms with Crippen molar-refractivity contribution in [3.63, 3.8) is 0 Å². The number of rotatable bonds is 14. The maximum absolute atomic E-state index is 13.1. The summed E-state index contributed by atoms with van der Waals surface area (Å²) >= 11 is 0. The molecule has 0 N–H and O–H groups in total. The third kappa shape index (κ3) is 7.32. The average Bonchev–Trinajstić information content (AvgIpc) is 3.00. The minimum Gasteiger partial charge on any atom is -0.335 e. The third-order valence-electron chi connectivity index (χ3n) is 6.66. The molecule has 0 radical (unpaired) electrons. The van der Waals surface area contributed by atoms with Crippen LogP contribution in [0.15, 0.2) is 109 Å². The SMILES string of the molecule is C=CCN(CC=C)S(=O)(=O)c1ccc(C(=O)N2CCN(C(=O)c3ccc(S(=O)(=O)N(CC=C)CC=C)cc3)CC2)cc1. The van der Waals surface area contributed by atoms with Gasteiger partial charge in [0, 0.05) is 63.5 Å². The highest BCUT2D eigenvalue weighted by Crippen LogP contribution is 2.20. The molecule has 2 aromatic rings. The Morgan fingerprint density at radius 2 is 0.833 bits per heavy atom. The Bertz CT molecular complexity index is 1390. The molecule has 1 heterocycles. The Morgan fingerprint density at radius 3 is 1.07 bits per heavy atom. The molecule has 42 heavy (non-hydrogen) atoms. The zero-order valence-electron chi connectivity index (χ0n) is 23.5. The molecular weight excluding hydrogens is 576 g/mol. The van der Waals surface area contributed by atoms with Gasteiger partial charge in [-0.3, -0.25) is 9.59 Å². The first-order valence-corrected chi connectivity index (χ1v) is 16.1. The predicted molar refractivity (Wildman–Crippen MR) is 163 cm³/mol. The molecule has 0 bridgehead atoms. The van der Waals surface area contributed by atoms with Crippen molar-refractivity contribution in [1.82, 2.24) is 18.4 Å². The molecule has 0 spiro atoms. The first kappa shape index (κ1) is 32.7. The summed E-state index contributed by atoms with van der Waals surface area (Å²) in [4.78, 5) is 29.5. The fraction of sp³-hybridized carbons (Fsp3) is 0.267. The standard InChI is InChI=1S/C30H36N4O6S2/c1-5-17-33(18-6-2)41(37,38)27-13-9-25(10-14-27)29(35)31-21-23-32(24-22-31)30(36)26-11-15-28(16-12-26)42(39,40)34(19-7-3)20-8-4/h5-16H,1-4,17-24H2. The van der Waals surface area contributed by atoms with E-state index in [-0.39, 0.29) is 47.8 Å². The van der Waals surface area contributed by atoms with Gasteiger partial charge in [0.25, 0.3) is 11.8 Å². The first-order valence-electron chi connectivity index (χ1n) is 13.2. The Morgan fingerprint density at radius 1 is 0.571 bits per heavy atom. The summed E-state index contributed by atoms with van der Waals surface area (Å²) in [6.45, 7) is 16.1. The predicted octanol–water partition coefficient (Wildman–Crippen LogP) is 3.01. The van der Waals surface area contributed by atoms with Crippen molar-refractivity contribution < 1.29 is 26.4 Å². The molecule has 1 aliphatic heterocycles. The van der Waals surface area contributed by atoms with E-state index in [0.29, 0.717) is 37.3 Å². The van der Waals surface area contributed by atoms with Gasteiger partial charge in [0.15, 0.2) is 0 Å². The molecule has 10 nitrogen and oxygen atoms in total. The molecule has 3 rings (SSSR count). The normalized spacial score (nSPS) is 14.0. The number of hydrogen-bond acceptors (Lipinski definition) is 6. The van der Waals surface area contributed by atoms with Gasteiger partial charge in [-0.25, -0.2) is 16.8 Å². The van der Waals surface area contributed by atoms with Gasteiger partial charge >= 0.3 is 0 Å². The Kier molecular flexibility index (Phi) is 11.2. The van der Waals surface area contributed by atoms with Crippen LogP contribution in [0.2, 0.25) is 0 Å². The van der Waals surface area contributed by atoms with E-state index in [2.05, 4.69) is 26.3 Å². The summed E-state index contributed by atoms with van der Waals surface area (Å²) in [7, 11) is -7.56. The Hall–Kier alpha value is -3.84. The quantitative estimate of drug-likeness (QED) is 0.303. The summed E-state index contributed by atoms with van der Waals surface area (Å²) in [6, 6.07) is 11.5. The van der Waals surface area contributed by atoms with Crippen LogP contribution in [0.5, 0.6) is 0 Å². The molecule has 1 fully saturated rings. The number of sulfonamides is 2. The van der Waals surface area contributed by atoms with Crippen LogP contribution in [0.3, 0.4) is 0 Å². The van der Waals surface area contributed by atoms with Gasteiger partial charge in [-0.05, 0) is 48.5 Å². The van der Waals surface area contributed by atoms with E-state index in [0.717, 1.165) is 0 Å². The van der Waals surface area contributed by atoms with Gasteiger partial charge in [0.1, 0.15) is 0 Å². The molecular formula is C30H36N4O6S2. The molecule has 0 saturated carbocycles. The number of hydrogen-bond donors (Lipinski definition) is 0. The summed E-state index contributed by atoms with van der Waals surface area (Å²) in [5, 5.41) is 0. The van der Waals surface area contributed by atoms with E-state index < -0.39 is 20.0 Å². The fourth-order valence-electron chi connectivity index (χ4n) is 4.43. The monoisotopic (exact) mass is 612 g/mol. The zero-order chi connectivity index (χ0) is 30.9. The number of benzene rings is 2. The van der Waals surface area contributed by atoms with E-state index >= 15 is 0 Å². The number of carbonyl (C=O) groups excluding carboxylic acids is 2. The molecule has 2 aromatic carbocycles. The number of amides is 2. The van der Waals surface area contributed by atoms with Crippen molar-refractivity contribution in [2.45, 2.75) is 9.79 Å². The van der Waals surface area contributed by atoms with Crippen molar-refractivity contribution >= 4 is 31.9 Å². The second kappa shape index (κ2) is 14.4. The summed E-state index contributed by atoms with van der Waals surface area (Å²) in [5.41, 5.74) is 0.679. The number of carbonyl (C=O) groups is 2. The second-order valence-corrected chi connectivity index (χ2v) is 13.3. The lowest BCUT2D eigenvalue weighted by molar-refractivity contribution is 0.0535. The van der Waals surface area contributed by atoms with Gasteiger partial charge < -0.3 is 9.80 Å². The molecule has 12 heteroatoms. The zero-order valence-corrected chi connectivity index (χ0v) is 25.1. The lowest BCUT2D eigenvalue weighted by Gasteiger charge is -2.35. The van der Waals surface area contributed by atoms with Crippen molar-refractivity contribution in [3.8, 4) is 0 Å². The molecule has 224 valence electrons. The Balaban J connectivity index is 1.63. The van der Waals surface area contributed by atoms with E-state index in [1.807, 2.05) is 0 Å². The van der Waals surface area contributed by atoms with Crippen LogP contribution in [0.4, 0.5) is 0 Å². The second-order valence-electron chi connectivity index (χ2n) is 9.43. The van der Waals surface area contributed by atoms with Crippen LogP contribution >= 0.6 is 0 Å². The van der Waals surface area contributed by atoms with E-state index in [1.54, 1.807) is 9.80 Å². The smallest absolute Gasteiger partial charge is 0.253 e. The van der Waals surface area contributed by atoms with Crippen LogP contribution in [0.1, 0.15) is 20.7 Å². The van der Waals surface area contributed by atoms with E-state index in [1.165, 1.54) is 81.4 Å². The number of nitrogens with zero attached hydrogens (tertiary/aromatic N) is 4. The Labute approximate surface area is 248 Å². The first-order chi connectivity index (χ1) is 20.0. The molecule has 0 unspecified atom stereocenters. The van der Waals surface area contributed by atoms with E-state index in [4.69, 9.17) is 0 Å². The van der Waals surface area contributed by atoms with Gasteiger partial charge in [0.2, 0.25) is 20.0 Å². The van der Waals surface area contributed by atoms with E-state index in [9.17, 15) is 26.4 Å². The lowest BCUT2D eigenvalue weighted by Crippen LogP contribution is -2.50. The maximum atomic E-state index is 13.1. The van der Waals surface area contributed by atoms with Crippen LogP contribution in [0.25, 0.3) is 0 Å². The summed E-state index contributed by atoms with van der Waals surface area (Å²) in [5.74, 6) is -0.531. The molecule has 1 aliphatic rings. The largest absolute Gasteiger partial charge is 0.335 e. The van der Waals surface area contributed by atoms with Gasteiger partial charge in [0.05, 0.1) is 9.79 Å². The summed E-state index contributed by atoms with van der Waals surface area (Å²) in [6.07, 6.45) is 5.97. The van der Waals surface area contributed by atoms with Crippen LogP contribution in [0, 0.1) is 0 Å². The fourth-order valence-corrected chi connectivity index (χ4v) is 7.20. The van der Waals surface area contributed by atoms with Crippen molar-refractivity contribution in [2.75, 3.05) is 52.4 Å². The van der Waals surface area contributed by atoms with Gasteiger partial charge in [-0.2, -0.15) is 8.61 Å². The van der Waals surface area contributed by atoms with Crippen molar-refractivity contribution in [2.24, 2.45) is 0 Å². The van der Waals surface area contributed by atoms with Crippen LogP contribution < -0.4 is 0 Å². The maximum Gasteiger partial charge on any atom is 0.253 e. The highest BCUT2D eigenvalue weighted by atomic mass is 32.2. The van der Waals surface area contributed by atoms with Gasteiger partial charge in [-0.15, -0.1) is 26.3 Å². The lowest BCUT2D eigenvalue weighted by atomic mass is 10.1. The minimum atomic E-state index is -3.78. The van der Waals surface area contributed by atoms with Crippen molar-refractivity contribution in [3.05, 3.63) is 110 Å². The average molecular weight is 613 g/mol. The van der Waals surface area contributed by atoms with Gasteiger partial charge in [-0.1, -0.05) is 24.3 Å². The molecule has 0 aliphatic carbocycles. The summed E-state index contributed by atoms with van der Waals surface area (Å²) < 4.78 is 54.1. The molecule has 0 atom stereocenters. The molecule has 2 amide bonds. The van der Waals surface area contributed by atoms with Crippen molar-refractivity contribution in [1.29, 1.82) is 0 Å². The minimum absolute atomic E-state index is 0.0612. The number of piperazine rings is 1. The molecule has 1 saturated heterocycles. The highest BCUT2D eigenvalue weighted by molar-refractivity contribution is 7.89. The van der Waals surface area contributed by atoms with Crippen LogP contribution in [-0.4, -0.2) is 99.4 Å². The third-order valence-corrected chi connectivity index (χ3v) is 10.4. The highest BCUT2D eigenvalue weighted by Gasteiger charge is 2.28. The van der Waals surface area contributed by atoms with Crippen LogP contribution in [-0.2, 0) is 20.0 Å². The topological polar surface area (TPSA) is 115 Å².